The summed E-state index contributed by atoms with van der Waals surface area (Å²) < 4.78 is 33.7. The van der Waals surface area contributed by atoms with Crippen LogP contribution in [0.2, 0.25) is 0 Å². The van der Waals surface area contributed by atoms with Gasteiger partial charge in [-0.25, -0.2) is 14.8 Å². The number of nitrogens with zero attached hydrogens (tertiary/aromatic N) is 4. The number of hydrogen-bond acceptors (Lipinski definition) is 5. The number of piperidine rings is 1. The van der Waals surface area contributed by atoms with Crippen LogP contribution in [0.5, 0.6) is 0 Å². The number of aryl methyl sites for hydroxylation is 1. The molecule has 4 heterocycles. The zero-order valence-electron chi connectivity index (χ0n) is 21.4. The highest BCUT2D eigenvalue weighted by Gasteiger charge is 2.38. The smallest absolute Gasteiger partial charge is 0.475 e. The number of rotatable bonds is 4. The first kappa shape index (κ1) is 28.3. The van der Waals surface area contributed by atoms with Crippen molar-refractivity contribution in [3.63, 3.8) is 0 Å². The number of alkyl halides is 3. The van der Waals surface area contributed by atoms with Crippen molar-refractivity contribution in [3.05, 3.63) is 95.7 Å². The molecule has 208 valence electrons. The third kappa shape index (κ3) is 6.63. The number of carboxylic acids is 1. The predicted octanol–water partition coefficient (Wildman–Crippen LogP) is 4.94. The molecule has 2 amide bonds. The Labute approximate surface area is 227 Å². The lowest BCUT2D eigenvalue weighted by molar-refractivity contribution is -0.192. The van der Waals surface area contributed by atoms with Crippen LogP contribution in [0.25, 0.3) is 5.52 Å². The molecule has 5 rings (SSSR count). The molecule has 1 atom stereocenters. The molecule has 0 aliphatic carbocycles. The standard InChI is InChI=1S/C26H25N5O2.C2HF3O2/c1-18-12-13-22(27-16-18)28-25(32)23-21-11-5-6-15-31(21)24(29-23)20-10-7-14-30(17-20)26(33)19-8-3-2-4-9-19;3-2(4,5)1(6)7/h2-6,8-9,11-13,15-16,20H,7,10,14,17H2,1H3,(H,27,28,32);(H,6,7). The molecule has 1 aromatic carbocycles. The maximum absolute atomic E-state index is 13.1. The highest BCUT2D eigenvalue weighted by atomic mass is 19.4. The highest BCUT2D eigenvalue weighted by Crippen LogP contribution is 2.29. The van der Waals surface area contributed by atoms with Gasteiger partial charge in [-0.15, -0.1) is 0 Å². The van der Waals surface area contributed by atoms with Crippen LogP contribution in [0.3, 0.4) is 0 Å². The van der Waals surface area contributed by atoms with Crippen LogP contribution in [-0.4, -0.2) is 61.4 Å². The van der Waals surface area contributed by atoms with Gasteiger partial charge in [0.1, 0.15) is 11.6 Å². The molecule has 0 bridgehead atoms. The van der Waals surface area contributed by atoms with Crippen molar-refractivity contribution in [2.24, 2.45) is 0 Å². The number of aromatic nitrogens is 3. The van der Waals surface area contributed by atoms with Crippen LogP contribution in [0, 0.1) is 6.92 Å². The third-order valence-corrected chi connectivity index (χ3v) is 6.28. The average Bonchev–Trinajstić information content (AvgIpc) is 3.34. The van der Waals surface area contributed by atoms with Gasteiger partial charge in [0.05, 0.1) is 5.52 Å². The summed E-state index contributed by atoms with van der Waals surface area (Å²) in [5.74, 6) is -1.69. The summed E-state index contributed by atoms with van der Waals surface area (Å²) in [6.45, 7) is 3.24. The first-order valence-corrected chi connectivity index (χ1v) is 12.4. The topological polar surface area (TPSA) is 117 Å². The second-order valence-electron chi connectivity index (χ2n) is 9.21. The average molecular weight is 554 g/mol. The van der Waals surface area contributed by atoms with Crippen molar-refractivity contribution in [1.29, 1.82) is 0 Å². The maximum Gasteiger partial charge on any atom is 0.490 e. The minimum atomic E-state index is -5.08. The zero-order valence-corrected chi connectivity index (χ0v) is 21.4. The first-order chi connectivity index (χ1) is 19.0. The molecule has 2 N–H and O–H groups in total. The van der Waals surface area contributed by atoms with Crippen molar-refractivity contribution in [2.75, 3.05) is 18.4 Å². The molecule has 40 heavy (non-hydrogen) atoms. The fourth-order valence-corrected chi connectivity index (χ4v) is 4.37. The number of carbonyl (C=O) groups is 3. The molecular weight excluding hydrogens is 527 g/mol. The van der Waals surface area contributed by atoms with Gasteiger partial charge in [-0.05, 0) is 55.7 Å². The van der Waals surface area contributed by atoms with E-state index in [0.29, 0.717) is 23.6 Å². The number of fused-ring (bicyclic) bond motifs is 1. The molecule has 3 aromatic heterocycles. The van der Waals surface area contributed by atoms with E-state index in [1.54, 1.807) is 12.3 Å². The van der Waals surface area contributed by atoms with E-state index in [-0.39, 0.29) is 17.7 Å². The summed E-state index contributed by atoms with van der Waals surface area (Å²) in [7, 11) is 0. The van der Waals surface area contributed by atoms with Crippen molar-refractivity contribution < 1.29 is 32.7 Å². The maximum atomic E-state index is 13.1. The van der Waals surface area contributed by atoms with Gasteiger partial charge in [0, 0.05) is 37.0 Å². The number of hydrogen-bond donors (Lipinski definition) is 2. The Morgan fingerprint density at radius 1 is 1.02 bits per heavy atom. The number of halogens is 3. The van der Waals surface area contributed by atoms with Gasteiger partial charge < -0.3 is 19.7 Å². The van der Waals surface area contributed by atoms with Crippen LogP contribution in [0.4, 0.5) is 19.0 Å². The van der Waals surface area contributed by atoms with Crippen molar-refractivity contribution in [1.82, 2.24) is 19.3 Å². The van der Waals surface area contributed by atoms with E-state index >= 15 is 0 Å². The van der Waals surface area contributed by atoms with E-state index < -0.39 is 12.1 Å². The van der Waals surface area contributed by atoms with E-state index in [0.717, 1.165) is 36.3 Å². The number of nitrogens with one attached hydrogen (secondary N) is 1. The van der Waals surface area contributed by atoms with E-state index in [1.807, 2.05) is 77.0 Å². The summed E-state index contributed by atoms with van der Waals surface area (Å²) in [6, 6.07) is 18.8. The van der Waals surface area contributed by atoms with Gasteiger partial charge in [-0.1, -0.05) is 30.3 Å². The monoisotopic (exact) mass is 553 g/mol. The number of pyridine rings is 2. The van der Waals surface area contributed by atoms with Crippen LogP contribution < -0.4 is 5.32 Å². The highest BCUT2D eigenvalue weighted by molar-refractivity contribution is 6.07. The van der Waals surface area contributed by atoms with E-state index in [1.165, 1.54) is 0 Å². The fourth-order valence-electron chi connectivity index (χ4n) is 4.37. The third-order valence-electron chi connectivity index (χ3n) is 6.28. The lowest BCUT2D eigenvalue weighted by Gasteiger charge is -2.32. The van der Waals surface area contributed by atoms with Crippen LogP contribution in [0.1, 0.15) is 51.0 Å². The van der Waals surface area contributed by atoms with Gasteiger partial charge >= 0.3 is 12.1 Å². The predicted molar refractivity (Wildman–Crippen MR) is 140 cm³/mol. The molecule has 0 radical (unpaired) electrons. The van der Waals surface area contributed by atoms with Gasteiger partial charge in [-0.2, -0.15) is 13.2 Å². The Morgan fingerprint density at radius 3 is 2.38 bits per heavy atom. The minimum absolute atomic E-state index is 0.0320. The Bertz CT molecular complexity index is 1500. The molecule has 1 fully saturated rings. The van der Waals surface area contributed by atoms with Crippen molar-refractivity contribution >= 4 is 29.1 Å². The molecule has 12 heteroatoms. The molecule has 1 aliphatic heterocycles. The first-order valence-electron chi connectivity index (χ1n) is 12.4. The largest absolute Gasteiger partial charge is 0.490 e. The fraction of sp³-hybridized carbons (Fsp3) is 0.250. The van der Waals surface area contributed by atoms with Gasteiger partial charge in [-0.3, -0.25) is 9.59 Å². The molecule has 4 aromatic rings. The number of benzene rings is 1. The van der Waals surface area contributed by atoms with Crippen molar-refractivity contribution in [2.45, 2.75) is 31.9 Å². The second-order valence-corrected chi connectivity index (χ2v) is 9.21. The quantitative estimate of drug-likeness (QED) is 0.370. The zero-order chi connectivity index (χ0) is 28.9. The van der Waals surface area contributed by atoms with E-state index in [4.69, 9.17) is 14.9 Å². The van der Waals surface area contributed by atoms with E-state index in [9.17, 15) is 22.8 Å². The molecule has 9 nitrogen and oxygen atoms in total. The van der Waals surface area contributed by atoms with Gasteiger partial charge in [0.25, 0.3) is 11.8 Å². The molecule has 1 unspecified atom stereocenters. The Kier molecular flexibility index (Phi) is 8.46. The van der Waals surface area contributed by atoms with Crippen LogP contribution in [0.15, 0.2) is 73.1 Å². The summed E-state index contributed by atoms with van der Waals surface area (Å²) in [6.07, 6.45) is 0.357. The lowest BCUT2D eigenvalue weighted by atomic mass is 9.96. The van der Waals surface area contributed by atoms with Gasteiger partial charge in [0.15, 0.2) is 5.69 Å². The second kappa shape index (κ2) is 12.0. The number of amides is 2. The molecular formula is C28H26F3N5O4. The molecule has 0 spiro atoms. The number of anilines is 1. The summed E-state index contributed by atoms with van der Waals surface area (Å²) in [5.41, 5.74) is 2.81. The minimum Gasteiger partial charge on any atom is -0.475 e. The number of carboxylic acid groups (broad SMARTS) is 1. The number of carbonyl (C=O) groups excluding carboxylic acids is 2. The molecule has 0 saturated carbocycles. The normalized spacial score (nSPS) is 15.2. The van der Waals surface area contributed by atoms with Crippen molar-refractivity contribution in [3.8, 4) is 0 Å². The summed E-state index contributed by atoms with van der Waals surface area (Å²) in [5, 5.41) is 9.98. The summed E-state index contributed by atoms with van der Waals surface area (Å²) >= 11 is 0. The Balaban J connectivity index is 0.000000470. The lowest BCUT2D eigenvalue weighted by Crippen LogP contribution is -2.39. The Hall–Kier alpha value is -4.74. The molecule has 1 saturated heterocycles. The van der Waals surface area contributed by atoms with Crippen LogP contribution >= 0.6 is 0 Å². The SMILES string of the molecule is Cc1ccc(NC(=O)c2nc(C3CCCN(C(=O)c4ccccc4)C3)n3ccccc23)nc1.O=C(O)C(F)(F)F. The summed E-state index contributed by atoms with van der Waals surface area (Å²) in [4.78, 5) is 45.9. The van der Waals surface area contributed by atoms with Crippen LogP contribution in [-0.2, 0) is 4.79 Å². The number of imidazole rings is 1. The molecule has 1 aliphatic rings. The number of likely N-dealkylation sites (tertiary alicyclic amines) is 1. The van der Waals surface area contributed by atoms with Gasteiger partial charge in [0.2, 0.25) is 0 Å². The Morgan fingerprint density at radius 2 is 1.73 bits per heavy atom. The number of aliphatic carboxylic acids is 1. The van der Waals surface area contributed by atoms with E-state index in [2.05, 4.69) is 10.3 Å².